The highest BCUT2D eigenvalue weighted by Gasteiger charge is 2.34. The lowest BCUT2D eigenvalue weighted by atomic mass is 10.0. The Morgan fingerprint density at radius 3 is 1.47 bits per heavy atom. The number of carbonyl (C=O) groups excluding carboxylic acids is 5. The van der Waals surface area contributed by atoms with Crippen molar-refractivity contribution in [1.29, 1.82) is 0 Å². The number of phenols is 1. The number of phenolic OH excluding ortho intramolecular Hbond substituents is 1. The molecule has 0 bridgehead atoms. The van der Waals surface area contributed by atoms with Crippen molar-refractivity contribution in [3.05, 3.63) is 138 Å². The summed E-state index contributed by atoms with van der Waals surface area (Å²) in [7, 11) is 0. The summed E-state index contributed by atoms with van der Waals surface area (Å²) in [5.74, 6) is -7.28. The zero-order chi connectivity index (χ0) is 44.8. The maximum Gasteiger partial charge on any atom is 0.326 e. The second-order valence-corrected chi connectivity index (χ2v) is 14.8. The number of hydrogen-bond donors (Lipinski definition) is 10. The molecule has 17 heteroatoms. The summed E-state index contributed by atoms with van der Waals surface area (Å²) >= 11 is 0. The zero-order valence-corrected chi connectivity index (χ0v) is 33.7. The van der Waals surface area contributed by atoms with Gasteiger partial charge in [0.15, 0.2) is 0 Å². The Morgan fingerprint density at radius 2 is 0.952 bits per heavy atom. The maximum absolute atomic E-state index is 14.2. The quantitative estimate of drug-likeness (QED) is 0.0505. The molecule has 0 aliphatic carbocycles. The van der Waals surface area contributed by atoms with Crippen LogP contribution in [0.15, 0.2) is 115 Å². The fourth-order valence-corrected chi connectivity index (χ4v) is 6.69. The molecule has 0 saturated heterocycles. The highest BCUT2D eigenvalue weighted by atomic mass is 16.4. The lowest BCUT2D eigenvalue weighted by molar-refractivity contribution is -0.143. The topological polar surface area (TPSA) is 282 Å². The number of rotatable bonds is 21. The average molecular weight is 848 g/mol. The van der Waals surface area contributed by atoms with E-state index < -0.39 is 84.1 Å². The largest absolute Gasteiger partial charge is 0.508 e. The lowest BCUT2D eigenvalue weighted by Crippen LogP contribution is -2.60. The first-order valence-electron chi connectivity index (χ1n) is 19.8. The minimum Gasteiger partial charge on any atom is -0.508 e. The van der Waals surface area contributed by atoms with E-state index in [1.165, 1.54) is 31.2 Å². The molecule has 6 atom stereocenters. The molecular formula is C45H49N7O10. The van der Waals surface area contributed by atoms with E-state index in [2.05, 4.69) is 31.6 Å². The molecule has 0 radical (unpaired) electrons. The van der Waals surface area contributed by atoms with Crippen LogP contribution in [-0.2, 0) is 59.2 Å². The first kappa shape index (κ1) is 45.6. The van der Waals surface area contributed by atoms with E-state index in [1.807, 2.05) is 0 Å². The Kier molecular flexibility index (Phi) is 15.9. The van der Waals surface area contributed by atoms with E-state index in [4.69, 9.17) is 5.73 Å². The minimum absolute atomic E-state index is 0.0106. The molecule has 0 aliphatic heterocycles. The molecular weight excluding hydrogens is 799 g/mol. The van der Waals surface area contributed by atoms with Crippen molar-refractivity contribution in [2.24, 2.45) is 5.73 Å². The number of carboxylic acids is 2. The summed E-state index contributed by atoms with van der Waals surface area (Å²) in [4.78, 5) is 96.5. The van der Waals surface area contributed by atoms with Gasteiger partial charge in [-0.1, -0.05) is 91.0 Å². The van der Waals surface area contributed by atoms with E-state index in [1.54, 1.807) is 91.1 Å². The molecule has 4 aromatic carbocycles. The van der Waals surface area contributed by atoms with E-state index in [-0.39, 0.29) is 31.4 Å². The summed E-state index contributed by atoms with van der Waals surface area (Å²) in [6, 6.07) is 21.9. The first-order valence-corrected chi connectivity index (χ1v) is 19.8. The number of carboxylic acid groups (broad SMARTS) is 2. The minimum atomic E-state index is -1.81. The van der Waals surface area contributed by atoms with Crippen LogP contribution >= 0.6 is 0 Å². The van der Waals surface area contributed by atoms with Crippen molar-refractivity contribution in [1.82, 2.24) is 31.6 Å². The Balaban J connectivity index is 1.42. The Morgan fingerprint density at radius 1 is 0.532 bits per heavy atom. The third-order valence-electron chi connectivity index (χ3n) is 9.98. The number of aromatic nitrogens is 1. The number of nitrogens with two attached hydrogens (primary N) is 1. The fraction of sp³-hybridized carbons (Fsp3) is 0.267. The number of benzene rings is 4. The van der Waals surface area contributed by atoms with Crippen molar-refractivity contribution in [2.45, 2.75) is 75.3 Å². The summed E-state index contributed by atoms with van der Waals surface area (Å²) in [6.45, 7) is 1.44. The van der Waals surface area contributed by atoms with Crippen LogP contribution in [0.5, 0.6) is 5.75 Å². The Hall–Kier alpha value is -7.53. The van der Waals surface area contributed by atoms with Crippen LogP contribution in [0, 0.1) is 0 Å². The number of aromatic amines is 1. The summed E-state index contributed by atoms with van der Waals surface area (Å²) < 4.78 is 0. The third-order valence-corrected chi connectivity index (χ3v) is 9.98. The first-order chi connectivity index (χ1) is 29.7. The predicted molar refractivity (Wildman–Crippen MR) is 227 cm³/mol. The number of aromatic hydroxyl groups is 1. The number of nitrogens with one attached hydrogen (secondary N) is 6. The normalized spacial score (nSPS) is 13.9. The van der Waals surface area contributed by atoms with Gasteiger partial charge in [0, 0.05) is 42.8 Å². The van der Waals surface area contributed by atoms with Gasteiger partial charge in [0.1, 0.15) is 36.0 Å². The zero-order valence-electron chi connectivity index (χ0n) is 33.7. The number of carbonyl (C=O) groups is 7. The number of H-pyrrole nitrogens is 1. The monoisotopic (exact) mass is 847 g/mol. The standard InChI is InChI=1S/C45H49N7O10/c1-26(46)40(56)48-34(20-27-10-4-2-5-11-27)41(57)49-35(21-29-16-18-31(53)19-17-29)42(58)51-37(24-39(54)55)44(60)50-36(23-30-25-47-33-15-9-8-14-32(30)33)43(59)52-38(45(61)62)22-28-12-6-3-7-13-28/h2-19,25-26,34-38,47,53H,20-24,46H2,1H3,(H,48,56)(H,49,57)(H,50,60)(H,51,58)(H,52,59)(H,54,55)(H,61,62)/t26-,34-,35-,36-,37-,38-/m0/s1. The van der Waals surface area contributed by atoms with Gasteiger partial charge >= 0.3 is 11.9 Å². The van der Waals surface area contributed by atoms with Crippen molar-refractivity contribution in [3.8, 4) is 5.75 Å². The van der Waals surface area contributed by atoms with Crippen LogP contribution in [0.2, 0.25) is 0 Å². The highest BCUT2D eigenvalue weighted by molar-refractivity contribution is 5.98. The van der Waals surface area contributed by atoms with E-state index in [0.29, 0.717) is 27.6 Å². The van der Waals surface area contributed by atoms with Crippen molar-refractivity contribution in [2.75, 3.05) is 0 Å². The van der Waals surface area contributed by atoms with Gasteiger partial charge in [0.05, 0.1) is 12.5 Å². The molecule has 5 amide bonds. The third kappa shape index (κ3) is 13.2. The Labute approximate surface area is 356 Å². The van der Waals surface area contributed by atoms with Crippen molar-refractivity contribution < 1.29 is 48.9 Å². The van der Waals surface area contributed by atoms with Gasteiger partial charge < -0.3 is 52.6 Å². The highest BCUT2D eigenvalue weighted by Crippen LogP contribution is 2.20. The van der Waals surface area contributed by atoms with Gasteiger partial charge in [-0.3, -0.25) is 28.8 Å². The Bertz CT molecular complexity index is 2350. The maximum atomic E-state index is 14.2. The fourth-order valence-electron chi connectivity index (χ4n) is 6.69. The van der Waals surface area contributed by atoms with Gasteiger partial charge in [-0.15, -0.1) is 0 Å². The molecule has 0 unspecified atom stereocenters. The number of aliphatic carboxylic acids is 2. The molecule has 0 fully saturated rings. The molecule has 5 aromatic rings. The van der Waals surface area contributed by atoms with Crippen molar-refractivity contribution >= 4 is 52.4 Å². The van der Waals surface area contributed by atoms with E-state index >= 15 is 0 Å². The van der Waals surface area contributed by atoms with Gasteiger partial charge in [0.2, 0.25) is 29.5 Å². The molecule has 0 saturated carbocycles. The number of fused-ring (bicyclic) bond motifs is 1. The molecule has 0 spiro atoms. The SMILES string of the molecule is C[C@H](N)C(=O)N[C@@H](Cc1ccccc1)C(=O)N[C@@H](Cc1ccc(O)cc1)C(=O)N[C@@H](CC(=O)O)C(=O)N[C@@H](Cc1c[nH]c2ccccc12)C(=O)N[C@@H](Cc1ccccc1)C(=O)O. The van der Waals surface area contributed by atoms with Crippen LogP contribution in [-0.4, -0.2) is 98.0 Å². The van der Waals surface area contributed by atoms with Gasteiger partial charge in [-0.25, -0.2) is 4.79 Å². The summed E-state index contributed by atoms with van der Waals surface area (Å²) in [6.07, 6.45) is 0.236. The number of para-hydroxylation sites is 1. The molecule has 17 nitrogen and oxygen atoms in total. The van der Waals surface area contributed by atoms with E-state index in [9.17, 15) is 48.9 Å². The van der Waals surface area contributed by atoms with Crippen LogP contribution in [0.4, 0.5) is 0 Å². The molecule has 62 heavy (non-hydrogen) atoms. The second kappa shape index (κ2) is 21.6. The van der Waals surface area contributed by atoms with Crippen LogP contribution < -0.4 is 32.3 Å². The van der Waals surface area contributed by atoms with Crippen LogP contribution in [0.25, 0.3) is 10.9 Å². The van der Waals surface area contributed by atoms with Crippen molar-refractivity contribution in [3.63, 3.8) is 0 Å². The summed E-state index contributed by atoms with van der Waals surface area (Å²) in [5, 5.41) is 43.2. The number of amides is 5. The van der Waals surface area contributed by atoms with Gasteiger partial charge in [-0.05, 0) is 47.4 Å². The number of hydrogen-bond acceptors (Lipinski definition) is 9. The molecule has 5 rings (SSSR count). The molecule has 324 valence electrons. The van der Waals surface area contributed by atoms with E-state index in [0.717, 1.165) is 5.52 Å². The smallest absolute Gasteiger partial charge is 0.326 e. The lowest BCUT2D eigenvalue weighted by Gasteiger charge is -2.27. The molecule has 1 aromatic heterocycles. The van der Waals surface area contributed by atoms with Crippen LogP contribution in [0.1, 0.15) is 35.6 Å². The van der Waals surface area contributed by atoms with Gasteiger partial charge in [0.25, 0.3) is 0 Å². The average Bonchev–Trinajstić information content (AvgIpc) is 3.66. The van der Waals surface area contributed by atoms with Crippen LogP contribution in [0.3, 0.4) is 0 Å². The second-order valence-electron chi connectivity index (χ2n) is 14.8. The molecule has 11 N–H and O–H groups in total. The summed E-state index contributed by atoms with van der Waals surface area (Å²) in [5.41, 5.74) is 8.84. The molecule has 1 heterocycles. The molecule has 0 aliphatic rings. The predicted octanol–water partition coefficient (Wildman–Crippen LogP) is 1.47. The van der Waals surface area contributed by atoms with Gasteiger partial charge in [-0.2, -0.15) is 0 Å².